The van der Waals surface area contributed by atoms with E-state index in [4.69, 9.17) is 0 Å². The highest BCUT2D eigenvalue weighted by Crippen LogP contribution is 2.18. The van der Waals surface area contributed by atoms with Crippen LogP contribution in [0.15, 0.2) is 59.3 Å². The Morgan fingerprint density at radius 3 is 2.92 bits per heavy atom. The summed E-state index contributed by atoms with van der Waals surface area (Å²) in [7, 11) is 0. The van der Waals surface area contributed by atoms with Crippen molar-refractivity contribution in [2.75, 3.05) is 19.6 Å². The fourth-order valence-electron chi connectivity index (χ4n) is 2.85. The van der Waals surface area contributed by atoms with Crippen molar-refractivity contribution in [2.45, 2.75) is 26.0 Å². The van der Waals surface area contributed by atoms with Gasteiger partial charge in [-0.25, -0.2) is 0 Å². The van der Waals surface area contributed by atoms with E-state index in [1.54, 1.807) is 13.1 Å². The highest BCUT2D eigenvalue weighted by Gasteiger charge is 2.19. The number of fused-ring (bicyclic) bond motifs is 1. The molecule has 1 aromatic rings. The Bertz CT molecular complexity index is 710. The maximum atomic E-state index is 12.2. The Hall–Kier alpha value is -2.57. The van der Waals surface area contributed by atoms with E-state index in [0.717, 1.165) is 19.5 Å². The molecule has 6 heteroatoms. The predicted octanol–water partition coefficient (Wildman–Crippen LogP) is 1.71. The number of carbonyl (C=O) groups is 1. The number of aliphatic imine (C=N–C) groups is 2. The summed E-state index contributed by atoms with van der Waals surface area (Å²) in [5, 5.41) is 13.0. The first-order chi connectivity index (χ1) is 12.6. The molecule has 6 nitrogen and oxygen atoms in total. The lowest BCUT2D eigenvalue weighted by Gasteiger charge is -2.30. The molecule has 1 aliphatic rings. The standard InChI is InChI=1S/C20H26N4O2/c1-3-21-11-9-19(22-4-2)20(26)23-13-18(25)15-24-12-10-16-7-5-6-8-17(16)14-24/h3-9,11,18,25H,2,10,12-15H2,1H3,(H,23,26)/b11-9-,21-3+,22-19+. The Kier molecular flexibility index (Phi) is 7.92. The Morgan fingerprint density at radius 1 is 1.42 bits per heavy atom. The number of aliphatic hydroxyl groups is 1. The smallest absolute Gasteiger partial charge is 0.270 e. The van der Waals surface area contributed by atoms with E-state index in [2.05, 4.69) is 45.0 Å². The minimum atomic E-state index is -0.646. The van der Waals surface area contributed by atoms with Crippen LogP contribution in [-0.4, -0.2) is 53.6 Å². The van der Waals surface area contributed by atoms with E-state index in [-0.39, 0.29) is 18.2 Å². The summed E-state index contributed by atoms with van der Waals surface area (Å²) in [4.78, 5) is 22.2. The molecule has 0 spiro atoms. The average Bonchev–Trinajstić information content (AvgIpc) is 2.65. The number of hydrogen-bond donors (Lipinski definition) is 2. The number of aliphatic hydroxyl groups excluding tert-OH is 1. The number of rotatable bonds is 8. The van der Waals surface area contributed by atoms with Crippen molar-refractivity contribution in [1.82, 2.24) is 10.2 Å². The number of benzene rings is 1. The van der Waals surface area contributed by atoms with Crippen LogP contribution in [-0.2, 0) is 17.8 Å². The van der Waals surface area contributed by atoms with Gasteiger partial charge in [0.05, 0.1) is 6.10 Å². The molecular formula is C20H26N4O2. The third-order valence-corrected chi connectivity index (χ3v) is 4.11. The molecule has 1 atom stereocenters. The molecular weight excluding hydrogens is 328 g/mol. The van der Waals surface area contributed by atoms with Crippen LogP contribution in [0.1, 0.15) is 18.1 Å². The first-order valence-electron chi connectivity index (χ1n) is 8.72. The topological polar surface area (TPSA) is 77.3 Å². The largest absolute Gasteiger partial charge is 0.390 e. The van der Waals surface area contributed by atoms with Crippen molar-refractivity contribution < 1.29 is 9.90 Å². The van der Waals surface area contributed by atoms with Gasteiger partial charge in [-0.15, -0.1) is 0 Å². The first-order valence-corrected chi connectivity index (χ1v) is 8.72. The van der Waals surface area contributed by atoms with Gasteiger partial charge < -0.3 is 10.4 Å². The molecule has 2 N–H and O–H groups in total. The van der Waals surface area contributed by atoms with Crippen molar-refractivity contribution in [3.63, 3.8) is 0 Å². The van der Waals surface area contributed by atoms with Crippen LogP contribution in [0.25, 0.3) is 0 Å². The number of nitrogens with zero attached hydrogens (tertiary/aromatic N) is 3. The van der Waals surface area contributed by atoms with Crippen LogP contribution in [0.4, 0.5) is 0 Å². The van der Waals surface area contributed by atoms with E-state index in [0.29, 0.717) is 6.54 Å². The van der Waals surface area contributed by atoms with Gasteiger partial charge >= 0.3 is 0 Å². The zero-order chi connectivity index (χ0) is 18.8. The molecule has 0 fully saturated rings. The van der Waals surface area contributed by atoms with Gasteiger partial charge in [-0.05, 0) is 30.5 Å². The summed E-state index contributed by atoms with van der Waals surface area (Å²) in [5.41, 5.74) is 2.88. The summed E-state index contributed by atoms with van der Waals surface area (Å²) >= 11 is 0. The lowest BCUT2D eigenvalue weighted by Crippen LogP contribution is -2.43. The zero-order valence-electron chi connectivity index (χ0n) is 15.1. The number of hydrogen-bond acceptors (Lipinski definition) is 5. The summed E-state index contributed by atoms with van der Waals surface area (Å²) in [6.07, 6.45) is 6.24. The zero-order valence-corrected chi connectivity index (χ0v) is 15.1. The van der Waals surface area contributed by atoms with Crippen LogP contribution in [0.2, 0.25) is 0 Å². The minimum absolute atomic E-state index is 0.165. The molecule has 2 rings (SSSR count). The van der Waals surface area contributed by atoms with Crippen LogP contribution in [0.5, 0.6) is 0 Å². The van der Waals surface area contributed by atoms with Crippen LogP contribution in [0.3, 0.4) is 0 Å². The fourth-order valence-corrected chi connectivity index (χ4v) is 2.85. The molecule has 1 aromatic carbocycles. The minimum Gasteiger partial charge on any atom is -0.390 e. The molecule has 1 unspecified atom stereocenters. The van der Waals surface area contributed by atoms with E-state index in [1.165, 1.54) is 29.6 Å². The Balaban J connectivity index is 1.82. The fraction of sp³-hybridized carbons (Fsp3) is 0.350. The van der Waals surface area contributed by atoms with Crippen LogP contribution in [0, 0.1) is 0 Å². The Labute approximate surface area is 154 Å². The third kappa shape index (κ3) is 6.06. The van der Waals surface area contributed by atoms with Crippen molar-refractivity contribution >= 4 is 17.8 Å². The normalized spacial score (nSPS) is 16.6. The number of amides is 1. The second-order valence-electron chi connectivity index (χ2n) is 6.04. The van der Waals surface area contributed by atoms with Gasteiger partial charge in [0.2, 0.25) is 0 Å². The number of nitrogens with one attached hydrogen (secondary N) is 1. The van der Waals surface area contributed by atoms with Crippen molar-refractivity contribution in [3.05, 3.63) is 60.4 Å². The third-order valence-electron chi connectivity index (χ3n) is 4.11. The van der Waals surface area contributed by atoms with Crippen molar-refractivity contribution in [1.29, 1.82) is 0 Å². The monoisotopic (exact) mass is 354 g/mol. The van der Waals surface area contributed by atoms with Crippen molar-refractivity contribution in [3.8, 4) is 0 Å². The number of β-amino-alcohol motifs (C(OH)–C–C–N with tert-alkyl or cyclic N) is 1. The quantitative estimate of drug-likeness (QED) is 0.698. The van der Waals surface area contributed by atoms with Gasteiger partial charge in [0, 0.05) is 44.8 Å². The van der Waals surface area contributed by atoms with E-state index >= 15 is 0 Å². The lowest BCUT2D eigenvalue weighted by atomic mass is 10.00. The average molecular weight is 354 g/mol. The molecule has 1 aliphatic heterocycles. The molecule has 0 saturated heterocycles. The number of carbonyl (C=O) groups excluding carboxylic acids is 1. The second-order valence-corrected chi connectivity index (χ2v) is 6.04. The highest BCUT2D eigenvalue weighted by molar-refractivity contribution is 6.43. The van der Waals surface area contributed by atoms with E-state index in [9.17, 15) is 9.90 Å². The van der Waals surface area contributed by atoms with E-state index < -0.39 is 6.10 Å². The lowest BCUT2D eigenvalue weighted by molar-refractivity contribution is -0.115. The second kappa shape index (κ2) is 10.4. The van der Waals surface area contributed by atoms with Crippen LogP contribution >= 0.6 is 0 Å². The van der Waals surface area contributed by atoms with Gasteiger partial charge in [0.15, 0.2) is 0 Å². The first kappa shape index (κ1) is 19.8. The molecule has 1 amide bonds. The highest BCUT2D eigenvalue weighted by atomic mass is 16.3. The Morgan fingerprint density at radius 2 is 2.19 bits per heavy atom. The van der Waals surface area contributed by atoms with Gasteiger partial charge in [0.1, 0.15) is 5.71 Å². The molecule has 0 saturated carbocycles. The summed E-state index contributed by atoms with van der Waals surface area (Å²) in [6.45, 7) is 7.69. The van der Waals surface area contributed by atoms with Gasteiger partial charge in [-0.3, -0.25) is 19.7 Å². The summed E-state index contributed by atoms with van der Waals surface area (Å²) in [6, 6.07) is 8.37. The molecule has 0 aliphatic carbocycles. The maximum absolute atomic E-state index is 12.2. The molecule has 0 radical (unpaired) electrons. The molecule has 0 bridgehead atoms. The maximum Gasteiger partial charge on any atom is 0.270 e. The molecule has 1 heterocycles. The van der Waals surface area contributed by atoms with Gasteiger partial charge in [-0.2, -0.15) is 0 Å². The van der Waals surface area contributed by atoms with Gasteiger partial charge in [-0.1, -0.05) is 30.8 Å². The summed E-state index contributed by atoms with van der Waals surface area (Å²) in [5.74, 6) is -0.365. The van der Waals surface area contributed by atoms with Crippen LogP contribution < -0.4 is 5.32 Å². The molecule has 0 aromatic heterocycles. The van der Waals surface area contributed by atoms with E-state index in [1.807, 2.05) is 6.07 Å². The summed E-state index contributed by atoms with van der Waals surface area (Å²) < 4.78 is 0. The predicted molar refractivity (Wildman–Crippen MR) is 105 cm³/mol. The molecule has 138 valence electrons. The SMILES string of the molecule is C=C\N=C(/C=C\N=C\C)C(=O)NCC(O)CN1CCc2ccccc2C1. The molecule has 26 heavy (non-hydrogen) atoms. The van der Waals surface area contributed by atoms with Gasteiger partial charge in [0.25, 0.3) is 5.91 Å². The van der Waals surface area contributed by atoms with Crippen molar-refractivity contribution in [2.24, 2.45) is 9.98 Å².